The summed E-state index contributed by atoms with van der Waals surface area (Å²) < 4.78 is 2.13. The molecule has 1 N–H and O–H groups in total. The van der Waals surface area contributed by atoms with Crippen molar-refractivity contribution in [2.24, 2.45) is 0 Å². The smallest absolute Gasteiger partial charge is 0.0958 e. The topological polar surface area (TPSA) is 22.3 Å². The van der Waals surface area contributed by atoms with Gasteiger partial charge in [-0.2, -0.15) is 0 Å². The molecule has 0 radical (unpaired) electrons. The molecule has 2 rings (SSSR count). The fraction of sp³-hybridized carbons (Fsp3) is 0.417. The van der Waals surface area contributed by atoms with E-state index in [1.54, 1.807) is 0 Å². The largest absolute Gasteiger partial charge is 1.00 e. The van der Waals surface area contributed by atoms with Crippen LogP contribution in [0.25, 0.3) is 11.0 Å². The number of hydrogen-bond donors (Lipinski definition) is 1. The van der Waals surface area contributed by atoms with Gasteiger partial charge in [-0.1, -0.05) is 23.2 Å². The Balaban J connectivity index is 0.00000162. The first-order chi connectivity index (χ1) is 8.08. The predicted octanol–water partition coefficient (Wildman–Crippen LogP) is -1.12. The van der Waals surface area contributed by atoms with Crippen molar-refractivity contribution >= 4 is 34.2 Å². The summed E-state index contributed by atoms with van der Waals surface area (Å²) >= 11 is 12.0. The molecule has 1 heterocycles. The number of benzene rings is 1. The van der Waals surface area contributed by atoms with E-state index < -0.39 is 0 Å². The van der Waals surface area contributed by atoms with Crippen LogP contribution >= 0.6 is 23.2 Å². The van der Waals surface area contributed by atoms with Crippen molar-refractivity contribution in [3.8, 4) is 0 Å². The quantitative estimate of drug-likeness (QED) is 0.760. The number of nitrogens with zero attached hydrogens (tertiary/aromatic N) is 2. The van der Waals surface area contributed by atoms with Crippen molar-refractivity contribution in [1.29, 1.82) is 0 Å². The average molecular weight is 309 g/mol. The third-order valence-corrected chi connectivity index (χ3v) is 3.46. The Morgan fingerprint density at radius 2 is 1.89 bits per heavy atom. The molecule has 100 valence electrons. The van der Waals surface area contributed by atoms with E-state index in [1.807, 2.05) is 18.5 Å². The molecule has 0 saturated carbocycles. The summed E-state index contributed by atoms with van der Waals surface area (Å²) in [7, 11) is 4.31. The Hall–Kier alpha value is -0.480. The molecule has 3 nitrogen and oxygen atoms in total. The molecule has 0 bridgehead atoms. The second-order valence-electron chi connectivity index (χ2n) is 4.50. The van der Waals surface area contributed by atoms with Crippen LogP contribution in [0, 0.1) is 0 Å². The van der Waals surface area contributed by atoms with Crippen LogP contribution in [0.3, 0.4) is 0 Å². The number of fused-ring (bicyclic) bond motifs is 1. The van der Waals surface area contributed by atoms with Crippen molar-refractivity contribution in [3.63, 3.8) is 0 Å². The summed E-state index contributed by atoms with van der Waals surface area (Å²) in [6.45, 7) is 2.10. The van der Waals surface area contributed by atoms with E-state index in [4.69, 9.17) is 23.2 Å². The molecule has 0 fully saturated rings. The number of imidazole rings is 1. The fourth-order valence-electron chi connectivity index (χ4n) is 1.83. The van der Waals surface area contributed by atoms with Crippen molar-refractivity contribution in [1.82, 2.24) is 9.55 Å². The molecular weight excluding hydrogens is 293 g/mol. The lowest BCUT2D eigenvalue weighted by Crippen LogP contribution is -3.05. The summed E-state index contributed by atoms with van der Waals surface area (Å²) in [5.41, 5.74) is 1.95. The highest BCUT2D eigenvalue weighted by molar-refractivity contribution is 6.42. The van der Waals surface area contributed by atoms with E-state index in [1.165, 1.54) is 4.90 Å². The molecule has 1 aromatic carbocycles. The Kier molecular flexibility index (Phi) is 5.73. The fourth-order valence-corrected chi connectivity index (χ4v) is 2.15. The molecule has 0 spiro atoms. The summed E-state index contributed by atoms with van der Waals surface area (Å²) in [6, 6.07) is 3.70. The van der Waals surface area contributed by atoms with Gasteiger partial charge < -0.3 is 21.9 Å². The minimum Gasteiger partial charge on any atom is -1.00 e. The normalized spacial score (nSPS) is 10.9. The van der Waals surface area contributed by atoms with Crippen molar-refractivity contribution in [3.05, 3.63) is 28.5 Å². The molecular formula is C12H16Cl3N3. The third-order valence-electron chi connectivity index (χ3n) is 2.74. The number of rotatable bonds is 4. The van der Waals surface area contributed by atoms with Crippen LogP contribution in [0.1, 0.15) is 6.42 Å². The molecule has 2 aromatic rings. The highest BCUT2D eigenvalue weighted by Crippen LogP contribution is 2.27. The maximum atomic E-state index is 6.02. The maximum absolute atomic E-state index is 6.02. The number of hydrogen-bond acceptors (Lipinski definition) is 1. The number of quaternary nitrogens is 1. The van der Waals surface area contributed by atoms with E-state index in [0.717, 1.165) is 30.5 Å². The Morgan fingerprint density at radius 3 is 2.56 bits per heavy atom. The van der Waals surface area contributed by atoms with Crippen molar-refractivity contribution < 1.29 is 17.3 Å². The summed E-state index contributed by atoms with van der Waals surface area (Å²) in [4.78, 5) is 5.79. The zero-order valence-electron chi connectivity index (χ0n) is 10.4. The lowest BCUT2D eigenvalue weighted by molar-refractivity contribution is -0.858. The van der Waals surface area contributed by atoms with Gasteiger partial charge in [0.1, 0.15) is 0 Å². The molecule has 1 aromatic heterocycles. The SMILES string of the molecule is C[NH+](C)CCCn1cnc2cc(Cl)c(Cl)cc21.[Cl-]. The van der Waals surface area contributed by atoms with E-state index in [0.29, 0.717) is 10.0 Å². The summed E-state index contributed by atoms with van der Waals surface area (Å²) in [5, 5.41) is 1.14. The molecule has 0 aliphatic heterocycles. The Labute approximate surface area is 123 Å². The van der Waals surface area contributed by atoms with Crippen LogP contribution in [0.2, 0.25) is 10.0 Å². The van der Waals surface area contributed by atoms with Crippen molar-refractivity contribution in [2.75, 3.05) is 20.6 Å². The highest BCUT2D eigenvalue weighted by atomic mass is 35.5. The van der Waals surface area contributed by atoms with E-state index >= 15 is 0 Å². The van der Waals surface area contributed by atoms with Crippen LogP contribution in [0.15, 0.2) is 18.5 Å². The molecule has 6 heteroatoms. The van der Waals surface area contributed by atoms with Gasteiger partial charge in [0.05, 0.1) is 48.0 Å². The third kappa shape index (κ3) is 3.51. The van der Waals surface area contributed by atoms with Gasteiger partial charge in [0, 0.05) is 13.0 Å². The number of nitrogens with one attached hydrogen (secondary N) is 1. The van der Waals surface area contributed by atoms with Gasteiger partial charge in [0.2, 0.25) is 0 Å². The summed E-state index contributed by atoms with van der Waals surface area (Å²) in [5.74, 6) is 0. The Bertz CT molecular complexity index is 523. The van der Waals surface area contributed by atoms with Crippen LogP contribution in [0.5, 0.6) is 0 Å². The van der Waals surface area contributed by atoms with Crippen molar-refractivity contribution in [2.45, 2.75) is 13.0 Å². The molecule has 0 aliphatic rings. The van der Waals surface area contributed by atoms with E-state index in [-0.39, 0.29) is 12.4 Å². The van der Waals surface area contributed by atoms with E-state index in [9.17, 15) is 0 Å². The lowest BCUT2D eigenvalue weighted by Gasteiger charge is -2.08. The number of aryl methyl sites for hydroxylation is 1. The summed E-state index contributed by atoms with van der Waals surface area (Å²) in [6.07, 6.45) is 2.97. The first kappa shape index (κ1) is 15.6. The molecule has 0 unspecified atom stereocenters. The van der Waals surface area contributed by atoms with Crippen LogP contribution < -0.4 is 17.3 Å². The minimum absolute atomic E-state index is 0. The standard InChI is InChI=1S/C12H15Cl2N3.ClH/c1-16(2)4-3-5-17-8-15-11-6-9(13)10(14)7-12(11)17;/h6-8H,3-5H2,1-2H3;1H. The van der Waals surface area contributed by atoms with Crippen LogP contribution in [-0.2, 0) is 6.54 Å². The first-order valence-electron chi connectivity index (χ1n) is 5.67. The molecule has 0 saturated heterocycles. The zero-order valence-corrected chi connectivity index (χ0v) is 12.6. The van der Waals surface area contributed by atoms with Gasteiger partial charge in [0.15, 0.2) is 0 Å². The zero-order chi connectivity index (χ0) is 12.4. The van der Waals surface area contributed by atoms with Gasteiger partial charge in [-0.15, -0.1) is 0 Å². The first-order valence-corrected chi connectivity index (χ1v) is 6.42. The minimum atomic E-state index is 0. The maximum Gasteiger partial charge on any atom is 0.0958 e. The second kappa shape index (κ2) is 6.62. The highest BCUT2D eigenvalue weighted by Gasteiger charge is 2.07. The second-order valence-corrected chi connectivity index (χ2v) is 5.32. The molecule has 18 heavy (non-hydrogen) atoms. The van der Waals surface area contributed by atoms with Gasteiger partial charge >= 0.3 is 0 Å². The van der Waals surface area contributed by atoms with Crippen LogP contribution in [0.4, 0.5) is 0 Å². The van der Waals surface area contributed by atoms with Gasteiger partial charge in [-0.25, -0.2) is 4.98 Å². The monoisotopic (exact) mass is 307 g/mol. The molecule has 0 atom stereocenters. The van der Waals surface area contributed by atoms with Gasteiger partial charge in [-0.3, -0.25) is 0 Å². The predicted molar refractivity (Wildman–Crippen MR) is 72.0 cm³/mol. The van der Waals surface area contributed by atoms with Gasteiger partial charge in [0.25, 0.3) is 0 Å². The molecule has 0 amide bonds. The van der Waals surface area contributed by atoms with E-state index in [2.05, 4.69) is 23.6 Å². The number of halogens is 3. The number of aromatic nitrogens is 2. The molecule has 0 aliphatic carbocycles. The Morgan fingerprint density at radius 1 is 1.22 bits per heavy atom. The van der Waals surface area contributed by atoms with Crippen LogP contribution in [-0.4, -0.2) is 30.2 Å². The average Bonchev–Trinajstić information content (AvgIpc) is 2.62. The lowest BCUT2D eigenvalue weighted by atomic mass is 10.3. The van der Waals surface area contributed by atoms with Gasteiger partial charge in [-0.05, 0) is 12.1 Å².